The van der Waals surface area contributed by atoms with E-state index in [1.165, 1.54) is 6.08 Å². The number of aryl methyl sites for hydroxylation is 4. The van der Waals surface area contributed by atoms with Crippen molar-refractivity contribution in [2.75, 3.05) is 0 Å². The first kappa shape index (κ1) is 19.0. The molecule has 2 rings (SSSR count). The lowest BCUT2D eigenvalue weighted by molar-refractivity contribution is 0.104. The maximum absolute atomic E-state index is 12.9. The quantitative estimate of drug-likeness (QED) is 0.428. The minimum Gasteiger partial charge on any atom is -0.507 e. The highest BCUT2D eigenvalue weighted by Crippen LogP contribution is 2.28. The molecule has 2 aromatic carbocycles. The van der Waals surface area contributed by atoms with E-state index >= 15 is 0 Å². The van der Waals surface area contributed by atoms with Crippen molar-refractivity contribution >= 4 is 11.5 Å². The fourth-order valence-electron chi connectivity index (χ4n) is 3.46. The van der Waals surface area contributed by atoms with E-state index in [0.717, 1.165) is 50.1 Å². The van der Waals surface area contributed by atoms with Gasteiger partial charge in [0.05, 0.1) is 0 Å². The van der Waals surface area contributed by atoms with Crippen LogP contribution < -0.4 is 0 Å². The van der Waals surface area contributed by atoms with Gasteiger partial charge in [-0.25, -0.2) is 0 Å². The van der Waals surface area contributed by atoms with Gasteiger partial charge in [-0.15, -0.1) is 0 Å². The number of hydrogen-bond acceptors (Lipinski definition) is 2. The van der Waals surface area contributed by atoms with Crippen LogP contribution in [0.4, 0.5) is 0 Å². The Hall–Kier alpha value is -2.35. The minimum absolute atomic E-state index is 0.0461. The molecule has 0 atom stereocenters. The molecule has 0 saturated carbocycles. The van der Waals surface area contributed by atoms with E-state index < -0.39 is 0 Å². The van der Waals surface area contributed by atoms with Crippen LogP contribution in [0.25, 0.3) is 5.76 Å². The molecule has 0 bridgehead atoms. The molecule has 0 spiro atoms. The Kier molecular flexibility index (Phi) is 5.22. The van der Waals surface area contributed by atoms with E-state index in [2.05, 4.69) is 12.1 Å². The van der Waals surface area contributed by atoms with Crippen LogP contribution in [0.1, 0.15) is 60.4 Å². The average Bonchev–Trinajstić information content (AvgIpc) is 2.51. The molecule has 2 nitrogen and oxygen atoms in total. The van der Waals surface area contributed by atoms with Crippen molar-refractivity contribution in [2.24, 2.45) is 0 Å². The summed E-state index contributed by atoms with van der Waals surface area (Å²) in [6, 6.07) is 4.21. The summed E-state index contributed by atoms with van der Waals surface area (Å²) in [7, 11) is 0. The highest BCUT2D eigenvalue weighted by Gasteiger charge is 2.17. The zero-order valence-electron chi connectivity index (χ0n) is 16.6. The highest BCUT2D eigenvalue weighted by molar-refractivity contribution is 6.10. The Morgan fingerprint density at radius 2 is 1.00 bits per heavy atom. The predicted molar refractivity (Wildman–Crippen MR) is 106 cm³/mol. The fourth-order valence-corrected chi connectivity index (χ4v) is 3.46. The SMILES string of the molecule is Cc1cc(C)c(C)c(C(=O)/C=C(\O)c2c(C)c(C)cc(C)c2C)c1C. The van der Waals surface area contributed by atoms with Gasteiger partial charge in [-0.05, 0) is 99.9 Å². The van der Waals surface area contributed by atoms with E-state index in [9.17, 15) is 9.90 Å². The summed E-state index contributed by atoms with van der Waals surface area (Å²) in [6.07, 6.45) is 1.38. The molecule has 0 aromatic heterocycles. The van der Waals surface area contributed by atoms with Crippen LogP contribution in [0, 0.1) is 55.4 Å². The molecular weight excluding hydrogens is 308 g/mol. The Labute approximate surface area is 151 Å². The lowest BCUT2D eigenvalue weighted by atomic mass is 9.89. The number of hydrogen-bond donors (Lipinski definition) is 1. The van der Waals surface area contributed by atoms with Crippen molar-refractivity contribution in [2.45, 2.75) is 55.4 Å². The largest absolute Gasteiger partial charge is 0.507 e. The fraction of sp³-hybridized carbons (Fsp3) is 0.348. The summed E-state index contributed by atoms with van der Waals surface area (Å²) < 4.78 is 0. The molecule has 0 amide bonds. The predicted octanol–water partition coefficient (Wildman–Crippen LogP) is 5.94. The van der Waals surface area contributed by atoms with E-state index in [4.69, 9.17) is 0 Å². The van der Waals surface area contributed by atoms with E-state index in [1.807, 2.05) is 55.4 Å². The van der Waals surface area contributed by atoms with Gasteiger partial charge in [0, 0.05) is 17.2 Å². The molecule has 0 aliphatic carbocycles. The van der Waals surface area contributed by atoms with E-state index in [0.29, 0.717) is 5.56 Å². The normalized spacial score (nSPS) is 11.8. The van der Waals surface area contributed by atoms with E-state index in [1.54, 1.807) is 0 Å². The summed E-state index contributed by atoms with van der Waals surface area (Å²) in [5, 5.41) is 10.7. The van der Waals surface area contributed by atoms with Gasteiger partial charge in [0.15, 0.2) is 5.78 Å². The monoisotopic (exact) mass is 336 g/mol. The van der Waals surface area contributed by atoms with Gasteiger partial charge in [-0.2, -0.15) is 0 Å². The van der Waals surface area contributed by atoms with Crippen LogP contribution in [0.3, 0.4) is 0 Å². The van der Waals surface area contributed by atoms with Crippen LogP contribution in [-0.2, 0) is 0 Å². The lowest BCUT2D eigenvalue weighted by Crippen LogP contribution is -2.07. The molecular formula is C23H28O2. The van der Waals surface area contributed by atoms with Crippen LogP contribution in [0.15, 0.2) is 18.2 Å². The maximum atomic E-state index is 12.9. The molecule has 2 heteroatoms. The number of carbonyl (C=O) groups excluding carboxylic acids is 1. The highest BCUT2D eigenvalue weighted by atomic mass is 16.3. The summed E-state index contributed by atoms with van der Waals surface area (Å²) in [6.45, 7) is 16.0. The van der Waals surface area contributed by atoms with Gasteiger partial charge < -0.3 is 5.11 Å². The van der Waals surface area contributed by atoms with Crippen molar-refractivity contribution in [3.63, 3.8) is 0 Å². The average molecular weight is 336 g/mol. The third-order valence-electron chi connectivity index (χ3n) is 5.50. The molecule has 0 aliphatic rings. The number of ketones is 1. The number of rotatable bonds is 3. The van der Waals surface area contributed by atoms with Crippen LogP contribution in [-0.4, -0.2) is 10.9 Å². The number of aliphatic hydroxyl groups is 1. The van der Waals surface area contributed by atoms with Gasteiger partial charge in [-0.3, -0.25) is 4.79 Å². The minimum atomic E-state index is -0.141. The first-order valence-electron chi connectivity index (χ1n) is 8.66. The second-order valence-corrected chi connectivity index (χ2v) is 7.16. The summed E-state index contributed by atoms with van der Waals surface area (Å²) >= 11 is 0. The molecule has 0 aliphatic heterocycles. The van der Waals surface area contributed by atoms with E-state index in [-0.39, 0.29) is 11.5 Å². The van der Waals surface area contributed by atoms with Crippen molar-refractivity contribution in [1.82, 2.24) is 0 Å². The van der Waals surface area contributed by atoms with Gasteiger partial charge in [-0.1, -0.05) is 12.1 Å². The van der Waals surface area contributed by atoms with Crippen LogP contribution in [0.2, 0.25) is 0 Å². The third kappa shape index (κ3) is 3.39. The Bertz CT molecular complexity index is 847. The molecule has 1 N–H and O–H groups in total. The summed E-state index contributed by atoms with van der Waals surface area (Å²) in [4.78, 5) is 12.9. The molecule has 0 unspecified atom stereocenters. The number of carbonyl (C=O) groups is 1. The van der Waals surface area contributed by atoms with Gasteiger partial charge in [0.2, 0.25) is 0 Å². The first-order valence-corrected chi connectivity index (χ1v) is 8.66. The molecule has 0 heterocycles. The van der Waals surface area contributed by atoms with Crippen molar-refractivity contribution in [3.8, 4) is 0 Å². The summed E-state index contributed by atoms with van der Waals surface area (Å²) in [5.41, 5.74) is 9.87. The van der Waals surface area contributed by atoms with Crippen molar-refractivity contribution in [1.29, 1.82) is 0 Å². The Morgan fingerprint density at radius 3 is 1.36 bits per heavy atom. The molecule has 0 radical (unpaired) electrons. The number of allylic oxidation sites excluding steroid dienone is 1. The molecule has 0 fully saturated rings. The lowest BCUT2D eigenvalue weighted by Gasteiger charge is -2.16. The van der Waals surface area contributed by atoms with Gasteiger partial charge in [0.25, 0.3) is 0 Å². The van der Waals surface area contributed by atoms with Crippen LogP contribution >= 0.6 is 0 Å². The zero-order valence-corrected chi connectivity index (χ0v) is 16.6. The smallest absolute Gasteiger partial charge is 0.190 e. The molecule has 2 aromatic rings. The second kappa shape index (κ2) is 6.87. The maximum Gasteiger partial charge on any atom is 0.190 e. The number of benzene rings is 2. The summed E-state index contributed by atoms with van der Waals surface area (Å²) in [5.74, 6) is -0.0954. The second-order valence-electron chi connectivity index (χ2n) is 7.16. The molecule has 25 heavy (non-hydrogen) atoms. The Balaban J connectivity index is 2.62. The molecule has 132 valence electrons. The molecule has 0 saturated heterocycles. The standard InChI is InChI=1S/C23H28O2/c1-12-9-13(2)17(6)22(16(12)5)20(24)11-21(25)23-18(7)14(3)10-15(4)19(23)8/h9-11,24H,1-8H3/b20-11-. The third-order valence-corrected chi connectivity index (χ3v) is 5.50. The van der Waals surface area contributed by atoms with Crippen LogP contribution in [0.5, 0.6) is 0 Å². The number of aliphatic hydroxyl groups excluding tert-OH is 1. The zero-order chi connectivity index (χ0) is 19.0. The Morgan fingerprint density at radius 1 is 0.680 bits per heavy atom. The topological polar surface area (TPSA) is 37.3 Å². The first-order chi connectivity index (χ1) is 11.6. The van der Waals surface area contributed by atoms with Crippen molar-refractivity contribution < 1.29 is 9.90 Å². The van der Waals surface area contributed by atoms with Crippen molar-refractivity contribution in [3.05, 3.63) is 73.8 Å². The van der Waals surface area contributed by atoms with Gasteiger partial charge >= 0.3 is 0 Å². The van der Waals surface area contributed by atoms with Gasteiger partial charge in [0.1, 0.15) is 5.76 Å².